The lowest BCUT2D eigenvalue weighted by Gasteiger charge is -2.25. The lowest BCUT2D eigenvalue weighted by atomic mass is 9.85. The van der Waals surface area contributed by atoms with Crippen LogP contribution in [0.4, 0.5) is 4.39 Å². The largest absolute Gasteiger partial charge is 0.496 e. The quantitative estimate of drug-likeness (QED) is 0.920. The summed E-state index contributed by atoms with van der Waals surface area (Å²) in [6, 6.07) is 2.96. The summed E-state index contributed by atoms with van der Waals surface area (Å²) < 4.78 is 18.7. The van der Waals surface area contributed by atoms with E-state index < -0.39 is 5.41 Å². The maximum absolute atomic E-state index is 13.2. The molecule has 0 fully saturated rings. The molecule has 0 aliphatic rings. The van der Waals surface area contributed by atoms with Crippen molar-refractivity contribution < 1.29 is 14.2 Å². The number of aliphatic hydroxyl groups is 1. The molecule has 4 heteroatoms. The average Bonchev–Trinajstić information content (AvgIpc) is 2.21. The van der Waals surface area contributed by atoms with Gasteiger partial charge in [0, 0.05) is 17.0 Å². The minimum absolute atomic E-state index is 0.0264. The van der Waals surface area contributed by atoms with Gasteiger partial charge >= 0.3 is 0 Å². The molecule has 0 aromatic heterocycles. The Hall–Kier alpha value is -0.610. The van der Waals surface area contributed by atoms with Crippen molar-refractivity contribution in [2.45, 2.75) is 19.3 Å². The standard InChI is InChI=1S/C11H14BrFO2/c1-11(2,6-14)7-4-8(12)9(13)5-10(7)15-3/h4-5,14H,6H2,1-3H3. The second kappa shape index (κ2) is 4.49. The van der Waals surface area contributed by atoms with Crippen molar-refractivity contribution in [3.8, 4) is 5.75 Å². The molecule has 0 unspecified atom stereocenters. The van der Waals surface area contributed by atoms with Gasteiger partial charge in [-0.2, -0.15) is 0 Å². The van der Waals surface area contributed by atoms with Gasteiger partial charge in [0.2, 0.25) is 0 Å². The fourth-order valence-corrected chi connectivity index (χ4v) is 1.65. The molecule has 0 atom stereocenters. The number of hydrogen-bond acceptors (Lipinski definition) is 2. The zero-order valence-electron chi connectivity index (χ0n) is 8.97. The smallest absolute Gasteiger partial charge is 0.141 e. The first kappa shape index (κ1) is 12.5. The van der Waals surface area contributed by atoms with Crippen LogP contribution < -0.4 is 4.74 Å². The van der Waals surface area contributed by atoms with Gasteiger partial charge in [0.05, 0.1) is 18.2 Å². The maximum atomic E-state index is 13.2. The Morgan fingerprint density at radius 1 is 1.47 bits per heavy atom. The molecule has 0 aliphatic heterocycles. The molecule has 1 aromatic carbocycles. The van der Waals surface area contributed by atoms with Crippen LogP contribution in [0.25, 0.3) is 0 Å². The summed E-state index contributed by atoms with van der Waals surface area (Å²) in [5.74, 6) is 0.0825. The van der Waals surface area contributed by atoms with E-state index in [1.807, 2.05) is 13.8 Å². The SMILES string of the molecule is COc1cc(F)c(Br)cc1C(C)(C)CO. The number of rotatable bonds is 3. The van der Waals surface area contributed by atoms with Crippen molar-refractivity contribution in [1.82, 2.24) is 0 Å². The van der Waals surface area contributed by atoms with Crippen molar-refractivity contribution >= 4 is 15.9 Å². The molecule has 1 aromatic rings. The highest BCUT2D eigenvalue weighted by molar-refractivity contribution is 9.10. The maximum Gasteiger partial charge on any atom is 0.141 e. The number of halogens is 2. The van der Waals surface area contributed by atoms with Crippen LogP contribution in [0.5, 0.6) is 5.75 Å². The summed E-state index contributed by atoms with van der Waals surface area (Å²) in [6.45, 7) is 3.71. The van der Waals surface area contributed by atoms with Crippen LogP contribution in [0.1, 0.15) is 19.4 Å². The van der Waals surface area contributed by atoms with E-state index in [9.17, 15) is 9.50 Å². The molecule has 2 nitrogen and oxygen atoms in total. The highest BCUT2D eigenvalue weighted by Crippen LogP contribution is 2.34. The molecule has 84 valence electrons. The van der Waals surface area contributed by atoms with E-state index in [4.69, 9.17) is 4.74 Å². The molecule has 0 saturated heterocycles. The third kappa shape index (κ3) is 2.49. The first-order chi connectivity index (χ1) is 6.92. The fourth-order valence-electron chi connectivity index (χ4n) is 1.31. The van der Waals surface area contributed by atoms with Gasteiger partial charge in [-0.25, -0.2) is 4.39 Å². The number of aliphatic hydroxyl groups excluding tert-OH is 1. The molecule has 15 heavy (non-hydrogen) atoms. The predicted octanol–water partition coefficient (Wildman–Crippen LogP) is 2.87. The summed E-state index contributed by atoms with van der Waals surface area (Å²) in [7, 11) is 1.49. The molecule has 0 radical (unpaired) electrons. The molecule has 0 saturated carbocycles. The van der Waals surface area contributed by atoms with Gasteiger partial charge in [-0.1, -0.05) is 13.8 Å². The molecular weight excluding hydrogens is 263 g/mol. The Labute approximate surface area is 97.2 Å². The summed E-state index contributed by atoms with van der Waals surface area (Å²) in [5.41, 5.74) is 0.322. The van der Waals surface area contributed by atoms with Crippen LogP contribution in [-0.2, 0) is 5.41 Å². The van der Waals surface area contributed by atoms with Crippen molar-refractivity contribution in [1.29, 1.82) is 0 Å². The van der Waals surface area contributed by atoms with E-state index in [1.165, 1.54) is 13.2 Å². The van der Waals surface area contributed by atoms with Gasteiger partial charge in [-0.3, -0.25) is 0 Å². The fraction of sp³-hybridized carbons (Fsp3) is 0.455. The Balaban J connectivity index is 3.34. The van der Waals surface area contributed by atoms with Gasteiger partial charge in [-0.05, 0) is 22.0 Å². The summed E-state index contributed by atoms with van der Waals surface area (Å²) in [6.07, 6.45) is 0. The van der Waals surface area contributed by atoms with Gasteiger partial charge in [0.1, 0.15) is 11.6 Å². The summed E-state index contributed by atoms with van der Waals surface area (Å²) in [5, 5.41) is 9.26. The Kier molecular flexibility index (Phi) is 3.73. The van der Waals surface area contributed by atoms with Crippen molar-refractivity contribution in [3.63, 3.8) is 0 Å². The Bertz CT molecular complexity index is 364. The Morgan fingerprint density at radius 3 is 2.53 bits per heavy atom. The minimum atomic E-state index is -0.457. The van der Waals surface area contributed by atoms with Crippen LogP contribution in [0.15, 0.2) is 16.6 Å². The second-order valence-electron chi connectivity index (χ2n) is 4.01. The zero-order chi connectivity index (χ0) is 11.6. The average molecular weight is 277 g/mol. The van der Waals surface area contributed by atoms with Crippen LogP contribution >= 0.6 is 15.9 Å². The number of methoxy groups -OCH3 is 1. The van der Waals surface area contributed by atoms with Gasteiger partial charge in [0.15, 0.2) is 0 Å². The lowest BCUT2D eigenvalue weighted by molar-refractivity contribution is 0.214. The number of hydrogen-bond donors (Lipinski definition) is 1. The van der Waals surface area contributed by atoms with Gasteiger partial charge < -0.3 is 9.84 Å². The predicted molar refractivity (Wildman–Crippen MR) is 60.8 cm³/mol. The summed E-state index contributed by atoms with van der Waals surface area (Å²) in [4.78, 5) is 0. The van der Waals surface area contributed by atoms with E-state index in [0.717, 1.165) is 5.56 Å². The van der Waals surface area contributed by atoms with Gasteiger partial charge in [0.25, 0.3) is 0 Å². The van der Waals surface area contributed by atoms with Crippen molar-refractivity contribution in [2.75, 3.05) is 13.7 Å². The molecular formula is C11H14BrFO2. The molecule has 0 spiro atoms. The third-order valence-electron chi connectivity index (χ3n) is 2.37. The zero-order valence-corrected chi connectivity index (χ0v) is 10.6. The molecule has 0 aliphatic carbocycles. The first-order valence-corrected chi connectivity index (χ1v) is 5.36. The molecule has 0 amide bonds. The minimum Gasteiger partial charge on any atom is -0.496 e. The number of benzene rings is 1. The topological polar surface area (TPSA) is 29.5 Å². The summed E-state index contributed by atoms with van der Waals surface area (Å²) >= 11 is 3.12. The monoisotopic (exact) mass is 276 g/mol. The van der Waals surface area contributed by atoms with Crippen LogP contribution in [0.3, 0.4) is 0 Å². The van der Waals surface area contributed by atoms with E-state index in [2.05, 4.69) is 15.9 Å². The first-order valence-electron chi connectivity index (χ1n) is 4.56. The second-order valence-corrected chi connectivity index (χ2v) is 4.86. The van der Waals surface area contributed by atoms with Crippen LogP contribution in [0.2, 0.25) is 0 Å². The molecule has 1 N–H and O–H groups in total. The van der Waals surface area contributed by atoms with E-state index in [1.54, 1.807) is 6.07 Å². The van der Waals surface area contributed by atoms with Crippen molar-refractivity contribution in [3.05, 3.63) is 28.0 Å². The number of ether oxygens (including phenoxy) is 1. The molecule has 1 rings (SSSR count). The molecule has 0 bridgehead atoms. The van der Waals surface area contributed by atoms with E-state index >= 15 is 0 Å². The van der Waals surface area contributed by atoms with E-state index in [-0.39, 0.29) is 12.4 Å². The Morgan fingerprint density at radius 2 is 2.07 bits per heavy atom. The highest BCUT2D eigenvalue weighted by atomic mass is 79.9. The van der Waals surface area contributed by atoms with Crippen LogP contribution in [-0.4, -0.2) is 18.8 Å². The van der Waals surface area contributed by atoms with Gasteiger partial charge in [-0.15, -0.1) is 0 Å². The third-order valence-corrected chi connectivity index (χ3v) is 2.97. The lowest BCUT2D eigenvalue weighted by Crippen LogP contribution is -2.23. The molecule has 0 heterocycles. The normalized spacial score (nSPS) is 11.6. The van der Waals surface area contributed by atoms with Crippen molar-refractivity contribution in [2.24, 2.45) is 0 Å². The highest BCUT2D eigenvalue weighted by Gasteiger charge is 2.25. The van der Waals surface area contributed by atoms with Crippen LogP contribution in [0, 0.1) is 5.82 Å². The van der Waals surface area contributed by atoms with E-state index in [0.29, 0.717) is 10.2 Å².